The maximum absolute atomic E-state index is 11.8. The third-order valence-corrected chi connectivity index (χ3v) is 5.50. The normalized spacial score (nSPS) is 13.3. The van der Waals surface area contributed by atoms with Crippen LogP contribution >= 0.6 is 23.5 Å². The third kappa shape index (κ3) is 13.4. The molecule has 0 unspecified atom stereocenters. The number of hydrogen-bond donors (Lipinski definition) is 2. The molecule has 0 radical (unpaired) electrons. The molecule has 12 nitrogen and oxygen atoms in total. The number of carbonyl (C=O) groups is 2. The van der Waals surface area contributed by atoms with Gasteiger partial charge in [0.1, 0.15) is 23.3 Å². The summed E-state index contributed by atoms with van der Waals surface area (Å²) >= 11 is 3.16. The first-order chi connectivity index (χ1) is 17.5. The Morgan fingerprint density at radius 2 is 1.24 bits per heavy atom. The highest BCUT2D eigenvalue weighted by Gasteiger charge is 2.25. The van der Waals surface area contributed by atoms with E-state index >= 15 is 0 Å². The molecule has 0 spiro atoms. The van der Waals surface area contributed by atoms with Crippen LogP contribution in [0.1, 0.15) is 96.8 Å². The summed E-state index contributed by atoms with van der Waals surface area (Å²) in [6, 6.07) is -0.684. The van der Waals surface area contributed by atoms with E-state index in [9.17, 15) is 9.59 Å². The van der Waals surface area contributed by atoms with Crippen molar-refractivity contribution in [2.45, 2.75) is 91.5 Å². The zero-order valence-corrected chi connectivity index (χ0v) is 25.8. The van der Waals surface area contributed by atoms with Crippen molar-refractivity contribution < 1.29 is 28.1 Å². The second-order valence-corrected chi connectivity index (χ2v) is 12.5. The van der Waals surface area contributed by atoms with E-state index in [1.807, 2.05) is 67.9 Å². The fourth-order valence-electron chi connectivity index (χ4n) is 2.66. The fraction of sp³-hybridized carbons (Fsp3) is 0.750. The van der Waals surface area contributed by atoms with E-state index in [4.69, 9.17) is 18.5 Å². The average molecular weight is 575 g/mol. The molecule has 2 rings (SSSR count). The fourth-order valence-corrected chi connectivity index (χ4v) is 3.78. The molecule has 0 aliphatic carbocycles. The first-order valence-corrected chi connectivity index (χ1v) is 14.9. The van der Waals surface area contributed by atoms with Gasteiger partial charge in [-0.05, 0) is 61.0 Å². The minimum absolute atomic E-state index is 0.184. The van der Waals surface area contributed by atoms with Gasteiger partial charge in [-0.2, -0.15) is 33.5 Å². The predicted octanol–water partition coefficient (Wildman–Crippen LogP) is 5.43. The molecule has 2 aromatic heterocycles. The molecule has 2 aromatic rings. The van der Waals surface area contributed by atoms with Gasteiger partial charge in [-0.15, -0.1) is 0 Å². The zero-order chi connectivity index (χ0) is 29.1. The molecule has 0 aromatic carbocycles. The van der Waals surface area contributed by atoms with Crippen molar-refractivity contribution in [3.63, 3.8) is 0 Å². The first-order valence-electron chi connectivity index (χ1n) is 12.1. The van der Waals surface area contributed by atoms with Crippen LogP contribution < -0.4 is 10.6 Å². The molecule has 2 atom stereocenters. The first kappa shape index (κ1) is 33.5. The van der Waals surface area contributed by atoms with Crippen LogP contribution in [0, 0.1) is 6.92 Å². The maximum atomic E-state index is 11.8. The van der Waals surface area contributed by atoms with Crippen molar-refractivity contribution in [2.75, 3.05) is 24.0 Å². The number of amides is 2. The van der Waals surface area contributed by atoms with E-state index in [1.165, 1.54) is 0 Å². The number of carbonyl (C=O) groups excluding carboxylic acids is 2. The second-order valence-electron chi connectivity index (χ2n) is 10.6. The monoisotopic (exact) mass is 574 g/mol. The van der Waals surface area contributed by atoms with Gasteiger partial charge in [0.15, 0.2) is 11.6 Å². The molecule has 2 N–H and O–H groups in total. The molecule has 0 fully saturated rings. The van der Waals surface area contributed by atoms with Gasteiger partial charge >= 0.3 is 12.2 Å². The molecule has 216 valence electrons. The number of nitrogens with zero attached hydrogens (tertiary/aromatic N) is 4. The van der Waals surface area contributed by atoms with Crippen LogP contribution in [0.2, 0.25) is 0 Å². The van der Waals surface area contributed by atoms with E-state index in [-0.39, 0.29) is 18.0 Å². The van der Waals surface area contributed by atoms with Gasteiger partial charge in [0.2, 0.25) is 11.8 Å². The number of nitrogens with one attached hydrogen (secondary N) is 2. The minimum Gasteiger partial charge on any atom is -0.444 e. The van der Waals surface area contributed by atoms with E-state index in [1.54, 1.807) is 30.4 Å². The molecule has 2 amide bonds. The van der Waals surface area contributed by atoms with E-state index in [0.29, 0.717) is 34.9 Å². The zero-order valence-electron chi connectivity index (χ0n) is 24.2. The number of aryl methyl sites for hydroxylation is 1. The minimum atomic E-state index is -0.536. The Morgan fingerprint density at radius 1 is 0.816 bits per heavy atom. The number of rotatable bonds is 9. The summed E-state index contributed by atoms with van der Waals surface area (Å²) in [6.45, 7) is 16.6. The summed E-state index contributed by atoms with van der Waals surface area (Å²) in [6.07, 6.45) is 2.91. The van der Waals surface area contributed by atoms with E-state index < -0.39 is 23.4 Å². The Morgan fingerprint density at radius 3 is 1.55 bits per heavy atom. The predicted molar refractivity (Wildman–Crippen MR) is 148 cm³/mol. The summed E-state index contributed by atoms with van der Waals surface area (Å²) in [7, 11) is 0. The van der Waals surface area contributed by atoms with Crippen molar-refractivity contribution in [1.29, 1.82) is 0 Å². The van der Waals surface area contributed by atoms with Crippen LogP contribution in [0.3, 0.4) is 0 Å². The maximum Gasteiger partial charge on any atom is 0.408 e. The number of thioether (sulfide) groups is 2. The average Bonchev–Trinajstić information content (AvgIpc) is 3.40. The molecule has 0 aliphatic rings. The SMILES string of the molecule is CSC[C@H](NC(=O)OC(C)(C)C)c1nc(C(C)C)no1.CSC[C@H](NC(=O)OC(C)(C)C)c1nc(C)no1. The highest BCUT2D eigenvalue weighted by atomic mass is 32.2. The van der Waals surface area contributed by atoms with Crippen LogP contribution in [-0.4, -0.2) is 67.7 Å². The molecule has 0 saturated heterocycles. The van der Waals surface area contributed by atoms with Crippen molar-refractivity contribution in [3.8, 4) is 0 Å². The standard InChI is InChI=1S/C13H23N3O3S.C11H19N3O3S/c1-8(2)10-15-11(19-16-10)9(7-20-6)14-12(17)18-13(3,4)5;1-7-12-9(17-14-7)8(6-18-5)13-10(15)16-11(2,3)4/h8-9H,7H2,1-6H3,(H,14,17);8H,6H2,1-5H3,(H,13,15)/t9-;8-/m00/s1. The van der Waals surface area contributed by atoms with Gasteiger partial charge in [0.25, 0.3) is 0 Å². The van der Waals surface area contributed by atoms with Gasteiger partial charge in [-0.3, -0.25) is 0 Å². The van der Waals surface area contributed by atoms with E-state index in [2.05, 4.69) is 30.9 Å². The van der Waals surface area contributed by atoms with Crippen LogP contribution in [-0.2, 0) is 9.47 Å². The third-order valence-electron chi connectivity index (χ3n) is 4.16. The lowest BCUT2D eigenvalue weighted by atomic mass is 10.2. The van der Waals surface area contributed by atoms with Gasteiger partial charge in [0, 0.05) is 17.4 Å². The van der Waals surface area contributed by atoms with Crippen LogP contribution in [0.4, 0.5) is 9.59 Å². The van der Waals surface area contributed by atoms with Crippen molar-refractivity contribution in [1.82, 2.24) is 30.9 Å². The lowest BCUT2D eigenvalue weighted by Crippen LogP contribution is -2.36. The summed E-state index contributed by atoms with van der Waals surface area (Å²) < 4.78 is 20.7. The highest BCUT2D eigenvalue weighted by molar-refractivity contribution is 7.98. The van der Waals surface area contributed by atoms with Crippen molar-refractivity contribution in [2.24, 2.45) is 0 Å². The van der Waals surface area contributed by atoms with Crippen LogP contribution in [0.25, 0.3) is 0 Å². The van der Waals surface area contributed by atoms with E-state index in [0.717, 1.165) is 0 Å². The van der Waals surface area contributed by atoms with Gasteiger partial charge in [-0.25, -0.2) is 9.59 Å². The Bertz CT molecular complexity index is 999. The summed E-state index contributed by atoms with van der Waals surface area (Å²) in [5.41, 5.74) is -1.06. The Kier molecular flexibility index (Phi) is 13.4. The quantitative estimate of drug-likeness (QED) is 0.392. The molecule has 0 aliphatic heterocycles. The highest BCUT2D eigenvalue weighted by Crippen LogP contribution is 2.20. The topological polar surface area (TPSA) is 154 Å². The molecule has 0 saturated carbocycles. The summed E-state index contributed by atoms with van der Waals surface area (Å²) in [5.74, 6) is 3.45. The smallest absolute Gasteiger partial charge is 0.408 e. The molecule has 0 bridgehead atoms. The lowest BCUT2D eigenvalue weighted by molar-refractivity contribution is 0.0489. The molecular formula is C24H42N6O6S2. The van der Waals surface area contributed by atoms with Crippen LogP contribution in [0.5, 0.6) is 0 Å². The Balaban J connectivity index is 0.000000382. The number of hydrogen-bond acceptors (Lipinski definition) is 12. The van der Waals surface area contributed by atoms with Gasteiger partial charge in [-0.1, -0.05) is 24.2 Å². The van der Waals surface area contributed by atoms with Gasteiger partial charge in [0.05, 0.1) is 0 Å². The number of aromatic nitrogens is 4. The molecular weight excluding hydrogens is 532 g/mol. The number of ether oxygens (including phenoxy) is 2. The van der Waals surface area contributed by atoms with Crippen molar-refractivity contribution in [3.05, 3.63) is 23.4 Å². The van der Waals surface area contributed by atoms with Crippen molar-refractivity contribution >= 4 is 35.7 Å². The molecule has 14 heteroatoms. The van der Waals surface area contributed by atoms with Gasteiger partial charge < -0.3 is 29.2 Å². The molecule has 38 heavy (non-hydrogen) atoms. The number of alkyl carbamates (subject to hydrolysis) is 2. The second kappa shape index (κ2) is 15.2. The van der Waals surface area contributed by atoms with Crippen LogP contribution in [0.15, 0.2) is 9.05 Å². The summed E-state index contributed by atoms with van der Waals surface area (Å²) in [4.78, 5) is 32.0. The lowest BCUT2D eigenvalue weighted by Gasteiger charge is -2.21. The summed E-state index contributed by atoms with van der Waals surface area (Å²) in [5, 5.41) is 13.1. The molecule has 2 heterocycles. The Hall–Kier alpha value is -2.48. The Labute approximate surface area is 233 Å². The largest absolute Gasteiger partial charge is 0.444 e.